The van der Waals surface area contributed by atoms with Crippen LogP contribution in [0.3, 0.4) is 0 Å². The summed E-state index contributed by atoms with van der Waals surface area (Å²) in [5.41, 5.74) is 4.64. The van der Waals surface area contributed by atoms with Crippen LogP contribution in [0.4, 0.5) is 10.5 Å². The molecule has 7 nitrogen and oxygen atoms in total. The van der Waals surface area contributed by atoms with Crippen LogP contribution in [0.5, 0.6) is 5.75 Å². The minimum Gasteiger partial charge on any atom is -0.496 e. The highest BCUT2D eigenvalue weighted by Gasteiger charge is 2.26. The van der Waals surface area contributed by atoms with Crippen LogP contribution in [0.2, 0.25) is 0 Å². The maximum atomic E-state index is 12.9. The van der Waals surface area contributed by atoms with E-state index >= 15 is 0 Å². The molecule has 0 saturated carbocycles. The SMILES string of the molecule is COc1ccccc1C(=O)N(C(=O)S)c1ccc(C2=NNC(=O)CC2C)cc1. The highest BCUT2D eigenvalue weighted by molar-refractivity contribution is 7.97. The fraction of sp³-hybridized carbons (Fsp3) is 0.200. The van der Waals surface area contributed by atoms with Crippen molar-refractivity contribution in [1.82, 2.24) is 5.43 Å². The third kappa shape index (κ3) is 3.91. The summed E-state index contributed by atoms with van der Waals surface area (Å²) in [7, 11) is 1.46. The fourth-order valence-corrected chi connectivity index (χ4v) is 3.25. The van der Waals surface area contributed by atoms with Crippen molar-refractivity contribution in [2.75, 3.05) is 12.0 Å². The van der Waals surface area contributed by atoms with E-state index in [1.165, 1.54) is 7.11 Å². The van der Waals surface area contributed by atoms with Crippen molar-refractivity contribution in [3.63, 3.8) is 0 Å². The predicted molar refractivity (Wildman–Crippen MR) is 109 cm³/mol. The number of para-hydroxylation sites is 1. The molecule has 3 rings (SSSR count). The van der Waals surface area contributed by atoms with E-state index in [1.54, 1.807) is 48.5 Å². The second-order valence-electron chi connectivity index (χ2n) is 6.31. The van der Waals surface area contributed by atoms with E-state index in [0.29, 0.717) is 17.9 Å². The van der Waals surface area contributed by atoms with Crippen molar-refractivity contribution in [1.29, 1.82) is 0 Å². The van der Waals surface area contributed by atoms with Gasteiger partial charge < -0.3 is 4.74 Å². The number of hydrogen-bond donors (Lipinski definition) is 2. The van der Waals surface area contributed by atoms with Gasteiger partial charge in [0.15, 0.2) is 0 Å². The first kappa shape index (κ1) is 19.6. The quantitative estimate of drug-likeness (QED) is 0.775. The van der Waals surface area contributed by atoms with Gasteiger partial charge in [-0.1, -0.05) is 43.8 Å². The van der Waals surface area contributed by atoms with Gasteiger partial charge in [-0.3, -0.25) is 14.4 Å². The summed E-state index contributed by atoms with van der Waals surface area (Å²) in [5.74, 6) is -0.329. The second-order valence-corrected chi connectivity index (χ2v) is 6.69. The average Bonchev–Trinajstić information content (AvgIpc) is 2.68. The van der Waals surface area contributed by atoms with Gasteiger partial charge in [-0.15, -0.1) is 0 Å². The van der Waals surface area contributed by atoms with Crippen molar-refractivity contribution >= 4 is 41.1 Å². The molecule has 2 aromatic carbocycles. The molecule has 2 aromatic rings. The van der Waals surface area contributed by atoms with Crippen LogP contribution in [0.25, 0.3) is 0 Å². The molecule has 1 atom stereocenters. The minimum absolute atomic E-state index is 0.0302. The maximum absolute atomic E-state index is 12.9. The van der Waals surface area contributed by atoms with Gasteiger partial charge in [0.1, 0.15) is 5.75 Å². The molecule has 0 radical (unpaired) electrons. The van der Waals surface area contributed by atoms with E-state index < -0.39 is 11.1 Å². The molecule has 1 heterocycles. The molecule has 0 aromatic heterocycles. The van der Waals surface area contributed by atoms with Crippen molar-refractivity contribution in [3.05, 3.63) is 59.7 Å². The molecule has 144 valence electrons. The van der Waals surface area contributed by atoms with Gasteiger partial charge in [0.2, 0.25) is 5.91 Å². The zero-order valence-corrected chi connectivity index (χ0v) is 16.3. The number of methoxy groups -OCH3 is 1. The number of carbonyl (C=O) groups is 3. The summed E-state index contributed by atoms with van der Waals surface area (Å²) in [6.45, 7) is 1.92. The molecule has 3 amide bonds. The molecule has 1 unspecified atom stereocenters. The summed E-state index contributed by atoms with van der Waals surface area (Å²) in [5, 5.41) is 3.41. The van der Waals surface area contributed by atoms with E-state index in [2.05, 4.69) is 23.2 Å². The summed E-state index contributed by atoms with van der Waals surface area (Å²) < 4.78 is 5.22. The number of thiol groups is 1. The molecule has 0 spiro atoms. The van der Waals surface area contributed by atoms with E-state index in [4.69, 9.17) is 4.74 Å². The van der Waals surface area contributed by atoms with Gasteiger partial charge in [0, 0.05) is 12.3 Å². The first-order valence-corrected chi connectivity index (χ1v) is 9.04. The van der Waals surface area contributed by atoms with Gasteiger partial charge >= 0.3 is 0 Å². The Bertz CT molecular complexity index is 956. The summed E-state index contributed by atoms with van der Waals surface area (Å²) in [6, 6.07) is 13.4. The molecular weight excluding hydrogens is 378 g/mol. The number of amides is 3. The highest BCUT2D eigenvalue weighted by atomic mass is 32.1. The van der Waals surface area contributed by atoms with Crippen molar-refractivity contribution in [3.8, 4) is 5.75 Å². The zero-order chi connectivity index (χ0) is 20.3. The molecule has 0 aliphatic carbocycles. The van der Waals surface area contributed by atoms with E-state index in [9.17, 15) is 14.4 Å². The van der Waals surface area contributed by atoms with Crippen LogP contribution in [-0.2, 0) is 4.79 Å². The Labute approximate surface area is 167 Å². The Morgan fingerprint density at radius 3 is 2.46 bits per heavy atom. The molecule has 1 N–H and O–H groups in total. The molecule has 0 saturated heterocycles. The lowest BCUT2D eigenvalue weighted by molar-refractivity contribution is -0.121. The smallest absolute Gasteiger partial charge is 0.290 e. The number of imide groups is 1. The summed E-state index contributed by atoms with van der Waals surface area (Å²) in [4.78, 5) is 37.4. The van der Waals surface area contributed by atoms with E-state index in [-0.39, 0.29) is 17.4 Å². The van der Waals surface area contributed by atoms with E-state index in [0.717, 1.165) is 16.2 Å². The summed E-state index contributed by atoms with van der Waals surface area (Å²) in [6.07, 6.45) is 0.355. The highest BCUT2D eigenvalue weighted by Crippen LogP contribution is 2.26. The molecule has 28 heavy (non-hydrogen) atoms. The molecule has 1 aliphatic heterocycles. The third-order valence-electron chi connectivity index (χ3n) is 4.41. The van der Waals surface area contributed by atoms with Crippen molar-refractivity contribution < 1.29 is 19.1 Å². The monoisotopic (exact) mass is 397 g/mol. The molecule has 0 bridgehead atoms. The number of nitrogens with zero attached hydrogens (tertiary/aromatic N) is 2. The third-order valence-corrected chi connectivity index (χ3v) is 4.61. The van der Waals surface area contributed by atoms with E-state index in [1.807, 2.05) is 6.92 Å². The first-order chi connectivity index (χ1) is 13.4. The first-order valence-electron chi connectivity index (χ1n) is 8.59. The van der Waals surface area contributed by atoms with Gasteiger partial charge in [0.25, 0.3) is 11.1 Å². The Morgan fingerprint density at radius 1 is 1.18 bits per heavy atom. The number of hydrogen-bond acceptors (Lipinski definition) is 5. The molecule has 1 aliphatic rings. The molecule has 8 heteroatoms. The lowest BCUT2D eigenvalue weighted by Gasteiger charge is -2.22. The number of hydrazone groups is 1. The van der Waals surface area contributed by atoms with Crippen LogP contribution in [0, 0.1) is 5.92 Å². The van der Waals surface area contributed by atoms with Gasteiger partial charge in [-0.05, 0) is 29.8 Å². The lowest BCUT2D eigenvalue weighted by Crippen LogP contribution is -2.34. The number of carbonyl (C=O) groups excluding carboxylic acids is 3. The number of rotatable bonds is 4. The fourth-order valence-electron chi connectivity index (χ4n) is 3.04. The Hall–Kier alpha value is -3.13. The normalized spacial score (nSPS) is 16.0. The molecular formula is C20H19N3O4S. The number of benzene rings is 2. The Morgan fingerprint density at radius 2 is 1.86 bits per heavy atom. The topological polar surface area (TPSA) is 88.1 Å². The van der Waals surface area contributed by atoms with Crippen LogP contribution in [0.15, 0.2) is 53.6 Å². The predicted octanol–water partition coefficient (Wildman–Crippen LogP) is 3.25. The standard InChI is InChI=1S/C20H19N3O4S/c1-12-11-17(24)21-22-18(12)13-7-9-14(10-8-13)23(20(26)28)19(25)15-5-3-4-6-16(15)27-2/h3-10,12H,11H2,1-2H3,(H,21,24)(H,26,28). The van der Waals surface area contributed by atoms with Crippen molar-refractivity contribution in [2.45, 2.75) is 13.3 Å². The van der Waals surface area contributed by atoms with Gasteiger partial charge in [-0.2, -0.15) is 5.10 Å². The van der Waals surface area contributed by atoms with Crippen LogP contribution in [-0.4, -0.2) is 29.9 Å². The average molecular weight is 397 g/mol. The number of anilines is 1. The molecule has 0 fully saturated rings. The van der Waals surface area contributed by atoms with Gasteiger partial charge in [-0.25, -0.2) is 10.3 Å². The largest absolute Gasteiger partial charge is 0.496 e. The van der Waals surface area contributed by atoms with Crippen molar-refractivity contribution in [2.24, 2.45) is 11.0 Å². The van der Waals surface area contributed by atoms with Crippen LogP contribution in [0.1, 0.15) is 29.3 Å². The minimum atomic E-state index is -0.709. The van der Waals surface area contributed by atoms with Crippen LogP contribution < -0.4 is 15.1 Å². The van der Waals surface area contributed by atoms with Crippen LogP contribution >= 0.6 is 12.6 Å². The number of nitrogens with one attached hydrogen (secondary N) is 1. The lowest BCUT2D eigenvalue weighted by atomic mass is 9.94. The summed E-state index contributed by atoms with van der Waals surface area (Å²) >= 11 is 3.86. The van der Waals surface area contributed by atoms with Gasteiger partial charge in [0.05, 0.1) is 24.1 Å². The Kier molecular flexibility index (Phi) is 5.79. The zero-order valence-electron chi connectivity index (χ0n) is 15.4. The maximum Gasteiger partial charge on any atom is 0.290 e. The number of ether oxygens (including phenoxy) is 1. The Balaban J connectivity index is 1.92. The second kappa shape index (κ2) is 8.26.